The number of methoxy groups -OCH3 is 1. The van der Waals surface area contributed by atoms with Gasteiger partial charge in [0.05, 0.1) is 18.8 Å². The molecule has 5 nitrogen and oxygen atoms in total. The highest BCUT2D eigenvalue weighted by Gasteiger charge is 2.16. The Balaban J connectivity index is 2.36. The smallest absolute Gasteiger partial charge is 0.165 e. The SMILES string of the molecule is COc1ccc(C(NN)c2ccn(C)n2)cc1F. The van der Waals surface area contributed by atoms with Crippen LogP contribution < -0.4 is 16.0 Å². The number of aromatic nitrogens is 2. The first-order chi connectivity index (χ1) is 8.65. The first kappa shape index (κ1) is 12.5. The standard InChI is InChI=1S/C12H15FN4O/c1-17-6-5-10(16-17)12(15-14)8-3-4-11(18-2)9(13)7-8/h3-7,12,15H,14H2,1-2H3. The van der Waals surface area contributed by atoms with Crippen molar-refractivity contribution in [3.05, 3.63) is 47.5 Å². The molecular weight excluding hydrogens is 235 g/mol. The van der Waals surface area contributed by atoms with Crippen molar-refractivity contribution < 1.29 is 9.13 Å². The maximum absolute atomic E-state index is 13.6. The molecule has 0 saturated carbocycles. The van der Waals surface area contributed by atoms with Gasteiger partial charge in [-0.1, -0.05) is 6.07 Å². The predicted molar refractivity (Wildman–Crippen MR) is 65.3 cm³/mol. The van der Waals surface area contributed by atoms with Crippen molar-refractivity contribution in [1.29, 1.82) is 0 Å². The van der Waals surface area contributed by atoms with Gasteiger partial charge in [0.15, 0.2) is 11.6 Å². The Bertz CT molecular complexity index is 541. The summed E-state index contributed by atoms with van der Waals surface area (Å²) in [5.41, 5.74) is 4.05. The van der Waals surface area contributed by atoms with Crippen LogP contribution in [0, 0.1) is 5.82 Å². The van der Waals surface area contributed by atoms with Gasteiger partial charge in [0.1, 0.15) is 0 Å². The number of rotatable bonds is 4. The first-order valence-corrected chi connectivity index (χ1v) is 5.45. The van der Waals surface area contributed by atoms with Gasteiger partial charge in [-0.25, -0.2) is 9.82 Å². The Hall–Kier alpha value is -1.92. The summed E-state index contributed by atoms with van der Waals surface area (Å²) >= 11 is 0. The Labute approximate surface area is 104 Å². The van der Waals surface area contributed by atoms with Crippen LogP contribution in [-0.4, -0.2) is 16.9 Å². The van der Waals surface area contributed by atoms with E-state index in [9.17, 15) is 4.39 Å². The van der Waals surface area contributed by atoms with Gasteiger partial charge in [-0.3, -0.25) is 10.5 Å². The third-order valence-corrected chi connectivity index (χ3v) is 2.71. The second-order valence-corrected chi connectivity index (χ2v) is 3.91. The summed E-state index contributed by atoms with van der Waals surface area (Å²) in [5.74, 6) is 5.29. The number of halogens is 1. The fourth-order valence-electron chi connectivity index (χ4n) is 1.80. The van der Waals surface area contributed by atoms with Crippen molar-refractivity contribution in [3.8, 4) is 5.75 Å². The lowest BCUT2D eigenvalue weighted by atomic mass is 10.0. The van der Waals surface area contributed by atoms with E-state index in [0.717, 1.165) is 5.69 Å². The molecule has 0 amide bonds. The number of nitrogens with one attached hydrogen (secondary N) is 1. The fourth-order valence-corrected chi connectivity index (χ4v) is 1.80. The molecule has 0 aliphatic heterocycles. The molecule has 0 radical (unpaired) electrons. The predicted octanol–water partition coefficient (Wildman–Crippen LogP) is 1.12. The monoisotopic (exact) mass is 250 g/mol. The largest absolute Gasteiger partial charge is 0.494 e. The van der Waals surface area contributed by atoms with Crippen LogP contribution in [-0.2, 0) is 7.05 Å². The zero-order chi connectivity index (χ0) is 13.1. The van der Waals surface area contributed by atoms with E-state index < -0.39 is 5.82 Å². The van der Waals surface area contributed by atoms with Crippen molar-refractivity contribution in [2.24, 2.45) is 12.9 Å². The van der Waals surface area contributed by atoms with Gasteiger partial charge in [-0.15, -0.1) is 0 Å². The van der Waals surface area contributed by atoms with Gasteiger partial charge in [0.25, 0.3) is 0 Å². The van der Waals surface area contributed by atoms with E-state index in [1.54, 1.807) is 23.0 Å². The number of ether oxygens (including phenoxy) is 1. The Morgan fingerprint density at radius 3 is 2.72 bits per heavy atom. The average molecular weight is 250 g/mol. The third-order valence-electron chi connectivity index (χ3n) is 2.71. The normalized spacial score (nSPS) is 12.4. The molecule has 96 valence electrons. The molecule has 1 aromatic heterocycles. The van der Waals surface area contributed by atoms with E-state index in [4.69, 9.17) is 10.6 Å². The quantitative estimate of drug-likeness (QED) is 0.630. The van der Waals surface area contributed by atoms with Gasteiger partial charge >= 0.3 is 0 Å². The fraction of sp³-hybridized carbons (Fsp3) is 0.250. The summed E-state index contributed by atoms with van der Waals surface area (Å²) in [6, 6.07) is 6.18. The first-order valence-electron chi connectivity index (χ1n) is 5.45. The molecule has 0 saturated heterocycles. The van der Waals surface area contributed by atoms with Crippen LogP contribution >= 0.6 is 0 Å². The van der Waals surface area contributed by atoms with E-state index in [1.165, 1.54) is 13.2 Å². The average Bonchev–Trinajstić information content (AvgIpc) is 2.77. The molecule has 6 heteroatoms. The zero-order valence-electron chi connectivity index (χ0n) is 10.2. The van der Waals surface area contributed by atoms with E-state index in [1.807, 2.05) is 13.1 Å². The summed E-state index contributed by atoms with van der Waals surface area (Å²) in [6.07, 6.45) is 1.81. The molecule has 1 heterocycles. The van der Waals surface area contributed by atoms with Crippen LogP contribution in [0.4, 0.5) is 4.39 Å². The number of nitrogens with zero attached hydrogens (tertiary/aromatic N) is 2. The Morgan fingerprint density at radius 1 is 1.44 bits per heavy atom. The van der Waals surface area contributed by atoms with Crippen molar-refractivity contribution in [1.82, 2.24) is 15.2 Å². The highest BCUT2D eigenvalue weighted by atomic mass is 19.1. The summed E-state index contributed by atoms with van der Waals surface area (Å²) in [4.78, 5) is 0. The molecule has 2 rings (SSSR count). The van der Waals surface area contributed by atoms with Gasteiger partial charge in [-0.05, 0) is 23.8 Å². The minimum absolute atomic E-state index is 0.204. The lowest BCUT2D eigenvalue weighted by Crippen LogP contribution is -2.29. The Morgan fingerprint density at radius 2 is 2.22 bits per heavy atom. The lowest BCUT2D eigenvalue weighted by Gasteiger charge is -2.14. The molecule has 3 N–H and O–H groups in total. The summed E-state index contributed by atoms with van der Waals surface area (Å²) in [5, 5.41) is 4.25. The van der Waals surface area contributed by atoms with Crippen molar-refractivity contribution >= 4 is 0 Å². The number of aryl methyl sites for hydroxylation is 1. The highest BCUT2D eigenvalue weighted by molar-refractivity contribution is 5.34. The molecule has 1 unspecified atom stereocenters. The van der Waals surface area contributed by atoms with Crippen molar-refractivity contribution in [2.45, 2.75) is 6.04 Å². The topological polar surface area (TPSA) is 65.1 Å². The number of benzene rings is 1. The zero-order valence-corrected chi connectivity index (χ0v) is 10.2. The van der Waals surface area contributed by atoms with Crippen molar-refractivity contribution in [3.63, 3.8) is 0 Å². The molecule has 0 fully saturated rings. The molecule has 0 aliphatic carbocycles. The van der Waals surface area contributed by atoms with Gasteiger partial charge in [-0.2, -0.15) is 5.10 Å². The second kappa shape index (κ2) is 5.16. The van der Waals surface area contributed by atoms with Gasteiger partial charge < -0.3 is 4.74 Å². The summed E-state index contributed by atoms with van der Waals surface area (Å²) < 4.78 is 20.2. The van der Waals surface area contributed by atoms with Gasteiger partial charge in [0.2, 0.25) is 0 Å². The van der Waals surface area contributed by atoms with E-state index >= 15 is 0 Å². The van der Waals surface area contributed by atoms with Gasteiger partial charge in [0, 0.05) is 13.2 Å². The molecule has 0 spiro atoms. The highest BCUT2D eigenvalue weighted by Crippen LogP contribution is 2.24. The molecule has 0 aliphatic rings. The van der Waals surface area contributed by atoms with E-state index in [2.05, 4.69) is 10.5 Å². The summed E-state index contributed by atoms with van der Waals surface area (Å²) in [7, 11) is 3.24. The van der Waals surface area contributed by atoms with E-state index in [-0.39, 0.29) is 11.8 Å². The molecule has 2 aromatic rings. The van der Waals surface area contributed by atoms with Crippen LogP contribution in [0.3, 0.4) is 0 Å². The lowest BCUT2D eigenvalue weighted by molar-refractivity contribution is 0.385. The van der Waals surface area contributed by atoms with Crippen LogP contribution in [0.15, 0.2) is 30.5 Å². The van der Waals surface area contributed by atoms with Crippen LogP contribution in [0.2, 0.25) is 0 Å². The molecule has 18 heavy (non-hydrogen) atoms. The number of hydrogen-bond acceptors (Lipinski definition) is 4. The second-order valence-electron chi connectivity index (χ2n) is 3.91. The maximum atomic E-state index is 13.6. The maximum Gasteiger partial charge on any atom is 0.165 e. The minimum Gasteiger partial charge on any atom is -0.494 e. The van der Waals surface area contributed by atoms with Crippen LogP contribution in [0.1, 0.15) is 17.3 Å². The molecule has 1 atom stereocenters. The summed E-state index contributed by atoms with van der Waals surface area (Å²) in [6.45, 7) is 0. The van der Waals surface area contributed by atoms with Crippen molar-refractivity contribution in [2.75, 3.05) is 7.11 Å². The van der Waals surface area contributed by atoms with E-state index in [0.29, 0.717) is 5.56 Å². The minimum atomic E-state index is -0.425. The molecular formula is C12H15FN4O. The third kappa shape index (κ3) is 2.34. The molecule has 1 aromatic carbocycles. The van der Waals surface area contributed by atoms with Crippen LogP contribution in [0.25, 0.3) is 0 Å². The number of hydrazine groups is 1. The number of nitrogens with two attached hydrogens (primary N) is 1. The molecule has 0 bridgehead atoms. The van der Waals surface area contributed by atoms with Crippen LogP contribution in [0.5, 0.6) is 5.75 Å². The Kier molecular flexibility index (Phi) is 3.59. The number of hydrogen-bond donors (Lipinski definition) is 2.